The number of nitrogens with one attached hydrogen (secondary N) is 1. The lowest BCUT2D eigenvalue weighted by Crippen LogP contribution is -2.26. The molecule has 0 fully saturated rings. The molecule has 0 amide bonds. The molecule has 0 aliphatic rings. The number of halogens is 1. The lowest BCUT2D eigenvalue weighted by Gasteiger charge is -2.21. The molecule has 1 heterocycles. The Kier molecular flexibility index (Phi) is 5.02. The Labute approximate surface area is 125 Å². The van der Waals surface area contributed by atoms with Gasteiger partial charge in [0, 0.05) is 18.0 Å². The molecule has 1 N–H and O–H groups in total. The van der Waals surface area contributed by atoms with Gasteiger partial charge in [0.1, 0.15) is 11.6 Å². The molecule has 4 heteroatoms. The summed E-state index contributed by atoms with van der Waals surface area (Å²) in [4.78, 5) is 8.74. The zero-order chi connectivity index (χ0) is 15.4. The molecule has 2 aromatic rings. The maximum atomic E-state index is 14.5. The Bertz CT molecular complexity index is 585. The van der Waals surface area contributed by atoms with Gasteiger partial charge in [-0.15, -0.1) is 0 Å². The second-order valence-electron chi connectivity index (χ2n) is 5.48. The van der Waals surface area contributed by atoms with Crippen LogP contribution in [0.5, 0.6) is 0 Å². The van der Waals surface area contributed by atoms with E-state index in [2.05, 4.69) is 22.2 Å². The number of hydrogen-bond donors (Lipinski definition) is 1. The normalized spacial score (nSPS) is 12.4. The second-order valence-corrected chi connectivity index (χ2v) is 5.48. The van der Waals surface area contributed by atoms with Crippen LogP contribution in [0.4, 0.5) is 4.39 Å². The molecule has 112 valence electrons. The Hall–Kier alpha value is -1.81. The molecule has 0 aliphatic heterocycles. The molecule has 1 aromatic heterocycles. The van der Waals surface area contributed by atoms with Crippen LogP contribution in [0.15, 0.2) is 24.5 Å². The highest BCUT2D eigenvalue weighted by atomic mass is 19.1. The van der Waals surface area contributed by atoms with Crippen LogP contribution < -0.4 is 5.32 Å². The third-order valence-corrected chi connectivity index (χ3v) is 3.43. The minimum absolute atomic E-state index is 0.203. The molecule has 0 bridgehead atoms. The van der Waals surface area contributed by atoms with Crippen molar-refractivity contribution in [1.82, 2.24) is 15.3 Å². The van der Waals surface area contributed by atoms with E-state index in [1.165, 1.54) is 0 Å². The van der Waals surface area contributed by atoms with Gasteiger partial charge in [0.25, 0.3) is 0 Å². The molecule has 0 saturated carbocycles. The maximum absolute atomic E-state index is 14.5. The van der Waals surface area contributed by atoms with Crippen molar-refractivity contribution in [3.63, 3.8) is 0 Å². The first-order chi connectivity index (χ1) is 10.0. The molecule has 2 rings (SSSR count). The van der Waals surface area contributed by atoms with Crippen LogP contribution in [0.1, 0.15) is 47.5 Å². The molecule has 0 saturated heterocycles. The molecule has 3 nitrogen and oxygen atoms in total. The first-order valence-electron chi connectivity index (χ1n) is 7.31. The Balaban J connectivity index is 2.47. The largest absolute Gasteiger partial charge is 0.304 e. The van der Waals surface area contributed by atoms with Crippen LogP contribution in [0, 0.1) is 26.6 Å². The Morgan fingerprint density at radius 3 is 2.33 bits per heavy atom. The summed E-state index contributed by atoms with van der Waals surface area (Å²) in [5.74, 6) is 0.408. The van der Waals surface area contributed by atoms with E-state index in [1.807, 2.05) is 26.8 Å². The van der Waals surface area contributed by atoms with Gasteiger partial charge in [0.2, 0.25) is 0 Å². The van der Waals surface area contributed by atoms with E-state index < -0.39 is 0 Å². The first-order valence-corrected chi connectivity index (χ1v) is 7.31. The van der Waals surface area contributed by atoms with Crippen LogP contribution in [-0.4, -0.2) is 16.5 Å². The average molecular weight is 287 g/mol. The number of hydrogen-bond acceptors (Lipinski definition) is 3. The van der Waals surface area contributed by atoms with Gasteiger partial charge in [0.05, 0.1) is 6.04 Å². The summed E-state index contributed by atoms with van der Waals surface area (Å²) in [7, 11) is 0. The molecule has 21 heavy (non-hydrogen) atoms. The molecular weight excluding hydrogens is 265 g/mol. The molecule has 1 atom stereocenters. The van der Waals surface area contributed by atoms with E-state index in [0.29, 0.717) is 11.4 Å². The van der Waals surface area contributed by atoms with Crippen molar-refractivity contribution < 1.29 is 4.39 Å². The number of aromatic nitrogens is 2. The van der Waals surface area contributed by atoms with Gasteiger partial charge < -0.3 is 5.32 Å². The van der Waals surface area contributed by atoms with Gasteiger partial charge in [-0.1, -0.05) is 13.0 Å². The summed E-state index contributed by atoms with van der Waals surface area (Å²) in [5.41, 5.74) is 3.48. The second kappa shape index (κ2) is 6.76. The molecule has 1 aromatic carbocycles. The van der Waals surface area contributed by atoms with Crippen LogP contribution in [-0.2, 0) is 0 Å². The van der Waals surface area contributed by atoms with Gasteiger partial charge in [-0.2, -0.15) is 0 Å². The van der Waals surface area contributed by atoms with Gasteiger partial charge in [0.15, 0.2) is 0 Å². The number of benzene rings is 1. The zero-order valence-electron chi connectivity index (χ0n) is 13.1. The predicted molar refractivity (Wildman–Crippen MR) is 82.8 cm³/mol. The summed E-state index contributed by atoms with van der Waals surface area (Å²) in [6.07, 6.45) is 4.50. The average Bonchev–Trinajstić information content (AvgIpc) is 2.42. The van der Waals surface area contributed by atoms with E-state index >= 15 is 0 Å². The van der Waals surface area contributed by atoms with Gasteiger partial charge in [-0.3, -0.25) is 0 Å². The van der Waals surface area contributed by atoms with Crippen LogP contribution in [0.2, 0.25) is 0 Å². The molecule has 0 spiro atoms. The highest BCUT2D eigenvalue weighted by molar-refractivity contribution is 5.37. The van der Waals surface area contributed by atoms with Crippen LogP contribution in [0.3, 0.4) is 0 Å². The van der Waals surface area contributed by atoms with Crippen molar-refractivity contribution in [2.45, 2.75) is 40.2 Å². The third kappa shape index (κ3) is 3.64. The van der Waals surface area contributed by atoms with Crippen molar-refractivity contribution in [2.75, 3.05) is 6.54 Å². The van der Waals surface area contributed by atoms with E-state index in [1.54, 1.807) is 18.5 Å². The molecular formula is C17H22FN3. The van der Waals surface area contributed by atoms with Gasteiger partial charge in [-0.05, 0) is 56.5 Å². The topological polar surface area (TPSA) is 37.8 Å². The number of aryl methyl sites for hydroxylation is 3. The van der Waals surface area contributed by atoms with Crippen molar-refractivity contribution >= 4 is 0 Å². The van der Waals surface area contributed by atoms with E-state index in [9.17, 15) is 4.39 Å². The minimum atomic E-state index is -0.314. The molecule has 1 unspecified atom stereocenters. The number of nitrogens with zero attached hydrogens (tertiary/aromatic N) is 2. The Morgan fingerprint density at radius 2 is 1.76 bits per heavy atom. The fourth-order valence-corrected chi connectivity index (χ4v) is 2.46. The summed E-state index contributed by atoms with van der Waals surface area (Å²) in [6, 6.07) is 3.25. The summed E-state index contributed by atoms with van der Waals surface area (Å²) in [6.45, 7) is 8.64. The highest BCUT2D eigenvalue weighted by Crippen LogP contribution is 2.26. The standard InChI is InChI=1S/C17H22FN3/c1-5-6-19-16(17-20-9-12(3)10-21-17)15-13(4)7-11(2)8-14(15)18/h7-10,16,19H,5-6H2,1-4H3. The summed E-state index contributed by atoms with van der Waals surface area (Å²) in [5, 5.41) is 3.36. The van der Waals surface area contributed by atoms with Gasteiger partial charge >= 0.3 is 0 Å². The number of rotatable bonds is 5. The zero-order valence-corrected chi connectivity index (χ0v) is 13.1. The predicted octanol–water partition coefficient (Wildman–Crippen LogP) is 3.63. The SMILES string of the molecule is CCCNC(c1ncc(C)cn1)c1c(C)cc(C)cc1F. The quantitative estimate of drug-likeness (QED) is 0.912. The van der Waals surface area contributed by atoms with Crippen molar-refractivity contribution in [3.8, 4) is 0 Å². The molecule has 0 radical (unpaired) electrons. The highest BCUT2D eigenvalue weighted by Gasteiger charge is 2.22. The third-order valence-electron chi connectivity index (χ3n) is 3.43. The van der Waals surface area contributed by atoms with Crippen LogP contribution in [0.25, 0.3) is 0 Å². The van der Waals surface area contributed by atoms with Crippen molar-refractivity contribution in [1.29, 1.82) is 0 Å². The summed E-state index contributed by atoms with van der Waals surface area (Å²) >= 11 is 0. The Morgan fingerprint density at radius 1 is 1.10 bits per heavy atom. The van der Waals surface area contributed by atoms with E-state index in [0.717, 1.165) is 29.7 Å². The monoisotopic (exact) mass is 287 g/mol. The van der Waals surface area contributed by atoms with Crippen molar-refractivity contribution in [2.24, 2.45) is 0 Å². The fraction of sp³-hybridized carbons (Fsp3) is 0.412. The smallest absolute Gasteiger partial charge is 0.149 e. The van der Waals surface area contributed by atoms with Gasteiger partial charge in [-0.25, -0.2) is 14.4 Å². The first kappa shape index (κ1) is 15.6. The fourth-order valence-electron chi connectivity index (χ4n) is 2.46. The summed E-state index contributed by atoms with van der Waals surface area (Å²) < 4.78 is 14.5. The van der Waals surface area contributed by atoms with E-state index in [-0.39, 0.29) is 11.9 Å². The van der Waals surface area contributed by atoms with Crippen LogP contribution >= 0.6 is 0 Å². The maximum Gasteiger partial charge on any atom is 0.149 e. The lowest BCUT2D eigenvalue weighted by atomic mass is 9.97. The molecule has 0 aliphatic carbocycles. The van der Waals surface area contributed by atoms with Crippen molar-refractivity contribution in [3.05, 3.63) is 58.4 Å². The lowest BCUT2D eigenvalue weighted by molar-refractivity contribution is 0.526. The van der Waals surface area contributed by atoms with E-state index in [4.69, 9.17) is 0 Å². The minimum Gasteiger partial charge on any atom is -0.304 e.